The van der Waals surface area contributed by atoms with Crippen molar-refractivity contribution in [2.45, 2.75) is 39.2 Å². The van der Waals surface area contributed by atoms with Crippen molar-refractivity contribution in [1.29, 1.82) is 0 Å². The molecule has 0 heterocycles. The van der Waals surface area contributed by atoms with Gasteiger partial charge in [-0.25, -0.2) is 9.59 Å². The highest BCUT2D eigenvalue weighted by Crippen LogP contribution is 2.10. The van der Waals surface area contributed by atoms with Crippen LogP contribution in [0.15, 0.2) is 42.1 Å². The molecule has 1 atom stereocenters. The molecule has 0 aromatic heterocycles. The predicted molar refractivity (Wildman–Crippen MR) is 111 cm³/mol. The number of rotatable bonds is 14. The molecule has 1 aromatic carbocycles. The van der Waals surface area contributed by atoms with Crippen LogP contribution >= 0.6 is 0 Å². The number of carbonyl (C=O) groups is 5. The van der Waals surface area contributed by atoms with Crippen LogP contribution in [0.2, 0.25) is 0 Å². The quantitative estimate of drug-likeness (QED) is 0.244. The van der Waals surface area contributed by atoms with Crippen LogP contribution in [0, 0.1) is 0 Å². The minimum Gasteiger partial charge on any atom is -0.480 e. The lowest BCUT2D eigenvalue weighted by Gasteiger charge is -2.15. The molecule has 0 spiro atoms. The first-order valence-corrected chi connectivity index (χ1v) is 10.0. The topological polar surface area (TPSA) is 145 Å². The number of hydrogen-bond acceptors (Lipinski definition) is 9. The number of nitrogens with one attached hydrogen (secondary N) is 1. The molecule has 0 saturated heterocycles. The molecule has 0 aliphatic rings. The Hall–Kier alpha value is -3.69. The van der Waals surface area contributed by atoms with Gasteiger partial charge >= 0.3 is 23.9 Å². The number of ether oxygens (including phenoxy) is 3. The van der Waals surface area contributed by atoms with E-state index in [4.69, 9.17) is 14.2 Å². The number of hydrogen-bond donors (Lipinski definition) is 2. The molecule has 1 rings (SSSR count). The lowest BCUT2D eigenvalue weighted by Crippen LogP contribution is -2.38. The van der Waals surface area contributed by atoms with Gasteiger partial charge in [0.25, 0.3) is 0 Å². The van der Waals surface area contributed by atoms with Crippen LogP contribution in [-0.2, 0) is 33.4 Å². The van der Waals surface area contributed by atoms with Crippen molar-refractivity contribution in [1.82, 2.24) is 5.32 Å². The standard InChI is InChI=1S/C22H27NO9/c1-3-30-19(25)11-10-18(24)16(12-20(26)31-4-2)13-23-17(21(27)28)14-32-22(29)15-8-6-5-7-9-15/h5-9,13,17,23H,3-4,10-12,14H2,1-2H3,(H,27,28)/b16-13-. The molecule has 0 radical (unpaired) electrons. The molecular formula is C22H27NO9. The van der Waals surface area contributed by atoms with Gasteiger partial charge in [-0.15, -0.1) is 0 Å². The molecule has 0 aliphatic carbocycles. The summed E-state index contributed by atoms with van der Waals surface area (Å²) in [7, 11) is 0. The summed E-state index contributed by atoms with van der Waals surface area (Å²) in [4.78, 5) is 59.3. The summed E-state index contributed by atoms with van der Waals surface area (Å²) >= 11 is 0. The van der Waals surface area contributed by atoms with Crippen molar-refractivity contribution in [3.05, 3.63) is 47.7 Å². The van der Waals surface area contributed by atoms with Crippen LogP contribution < -0.4 is 5.32 Å². The van der Waals surface area contributed by atoms with Gasteiger partial charge in [-0.05, 0) is 26.0 Å². The molecule has 0 fully saturated rings. The number of aliphatic carboxylic acids is 1. The number of esters is 3. The molecule has 10 heteroatoms. The van der Waals surface area contributed by atoms with E-state index in [0.29, 0.717) is 0 Å². The highest BCUT2D eigenvalue weighted by molar-refractivity contribution is 6.00. The minimum atomic E-state index is -1.38. The van der Waals surface area contributed by atoms with Crippen molar-refractivity contribution in [2.24, 2.45) is 0 Å². The summed E-state index contributed by atoms with van der Waals surface area (Å²) in [5.41, 5.74) is 0.178. The lowest BCUT2D eigenvalue weighted by molar-refractivity contribution is -0.144. The first kappa shape index (κ1) is 26.3. The number of Topliss-reactive ketones (excluding diaryl/α,β-unsaturated/α-hetero) is 1. The van der Waals surface area contributed by atoms with Gasteiger partial charge in [-0.2, -0.15) is 0 Å². The Labute approximate surface area is 185 Å². The average molecular weight is 449 g/mol. The van der Waals surface area contributed by atoms with E-state index in [0.717, 1.165) is 6.20 Å². The lowest BCUT2D eigenvalue weighted by atomic mass is 10.0. The minimum absolute atomic E-state index is 0.0756. The summed E-state index contributed by atoms with van der Waals surface area (Å²) in [6, 6.07) is 6.65. The molecular weight excluding hydrogens is 422 g/mol. The summed E-state index contributed by atoms with van der Waals surface area (Å²) in [6.07, 6.45) is 0.231. The van der Waals surface area contributed by atoms with Gasteiger partial charge in [0, 0.05) is 18.2 Å². The van der Waals surface area contributed by atoms with E-state index < -0.39 is 48.7 Å². The first-order valence-electron chi connectivity index (χ1n) is 10.0. The van der Waals surface area contributed by atoms with Gasteiger partial charge in [0.05, 0.1) is 31.6 Å². The van der Waals surface area contributed by atoms with Crippen LogP contribution in [-0.4, -0.2) is 60.6 Å². The third kappa shape index (κ3) is 9.88. The fourth-order valence-corrected chi connectivity index (χ4v) is 2.42. The van der Waals surface area contributed by atoms with Crippen molar-refractivity contribution in [3.63, 3.8) is 0 Å². The Balaban J connectivity index is 2.84. The second-order valence-electron chi connectivity index (χ2n) is 6.40. The van der Waals surface area contributed by atoms with E-state index in [1.807, 2.05) is 0 Å². The highest BCUT2D eigenvalue weighted by Gasteiger charge is 2.21. The summed E-state index contributed by atoms with van der Waals surface area (Å²) < 4.78 is 14.6. The van der Waals surface area contributed by atoms with E-state index in [2.05, 4.69) is 5.32 Å². The Morgan fingerprint density at radius 1 is 0.938 bits per heavy atom. The third-order valence-corrected chi connectivity index (χ3v) is 4.01. The number of ketones is 1. The van der Waals surface area contributed by atoms with E-state index in [9.17, 15) is 29.1 Å². The Bertz CT molecular complexity index is 833. The van der Waals surface area contributed by atoms with Crippen LogP contribution in [0.3, 0.4) is 0 Å². The van der Waals surface area contributed by atoms with Crippen molar-refractivity contribution in [3.8, 4) is 0 Å². The Morgan fingerprint density at radius 2 is 1.56 bits per heavy atom. The van der Waals surface area contributed by atoms with Gasteiger partial charge in [-0.3, -0.25) is 14.4 Å². The zero-order valence-corrected chi connectivity index (χ0v) is 18.0. The van der Waals surface area contributed by atoms with E-state index in [-0.39, 0.29) is 37.2 Å². The fraction of sp³-hybridized carbons (Fsp3) is 0.409. The monoisotopic (exact) mass is 449 g/mol. The van der Waals surface area contributed by atoms with E-state index in [1.54, 1.807) is 32.0 Å². The number of benzene rings is 1. The van der Waals surface area contributed by atoms with Crippen molar-refractivity contribution >= 4 is 29.7 Å². The highest BCUT2D eigenvalue weighted by atomic mass is 16.5. The van der Waals surface area contributed by atoms with Gasteiger partial charge < -0.3 is 24.6 Å². The molecule has 10 nitrogen and oxygen atoms in total. The SMILES string of the molecule is CCOC(=O)CCC(=O)/C(=C\NC(COC(=O)c1ccccc1)C(=O)O)CC(=O)OCC. The third-order valence-electron chi connectivity index (χ3n) is 4.01. The maximum absolute atomic E-state index is 12.5. The largest absolute Gasteiger partial charge is 0.480 e. The molecule has 1 unspecified atom stereocenters. The molecule has 0 saturated carbocycles. The van der Waals surface area contributed by atoms with E-state index >= 15 is 0 Å². The fourth-order valence-electron chi connectivity index (χ4n) is 2.42. The summed E-state index contributed by atoms with van der Waals surface area (Å²) in [5, 5.41) is 11.9. The molecule has 0 amide bonds. The summed E-state index contributed by atoms with van der Waals surface area (Å²) in [5.74, 6) is -3.85. The summed E-state index contributed by atoms with van der Waals surface area (Å²) in [6.45, 7) is 2.98. The first-order chi connectivity index (χ1) is 15.3. The number of carbonyl (C=O) groups excluding carboxylic acids is 4. The average Bonchev–Trinajstić information content (AvgIpc) is 2.77. The van der Waals surface area contributed by atoms with E-state index in [1.165, 1.54) is 12.1 Å². The maximum Gasteiger partial charge on any atom is 0.338 e. The zero-order chi connectivity index (χ0) is 23.9. The van der Waals surface area contributed by atoms with Crippen LogP contribution in [0.4, 0.5) is 0 Å². The van der Waals surface area contributed by atoms with Gasteiger partial charge in [0.1, 0.15) is 6.61 Å². The normalized spacial score (nSPS) is 11.8. The zero-order valence-electron chi connectivity index (χ0n) is 18.0. The smallest absolute Gasteiger partial charge is 0.338 e. The number of carboxylic acid groups (broad SMARTS) is 1. The molecule has 0 aliphatic heterocycles. The van der Waals surface area contributed by atoms with Crippen LogP contribution in [0.25, 0.3) is 0 Å². The Morgan fingerprint density at radius 3 is 2.16 bits per heavy atom. The second kappa shape index (κ2) is 14.3. The molecule has 1 aromatic rings. The molecule has 174 valence electrons. The second-order valence-corrected chi connectivity index (χ2v) is 6.40. The Kier molecular flexibility index (Phi) is 11.8. The van der Waals surface area contributed by atoms with Crippen LogP contribution in [0.5, 0.6) is 0 Å². The molecule has 0 bridgehead atoms. The predicted octanol–water partition coefficient (Wildman–Crippen LogP) is 1.64. The van der Waals surface area contributed by atoms with Gasteiger partial charge in [0.2, 0.25) is 0 Å². The van der Waals surface area contributed by atoms with Gasteiger partial charge in [-0.1, -0.05) is 18.2 Å². The van der Waals surface area contributed by atoms with Crippen molar-refractivity contribution in [2.75, 3.05) is 19.8 Å². The molecule has 32 heavy (non-hydrogen) atoms. The number of carboxylic acids is 1. The maximum atomic E-state index is 12.5. The van der Waals surface area contributed by atoms with Crippen LogP contribution in [0.1, 0.15) is 43.5 Å². The van der Waals surface area contributed by atoms with Gasteiger partial charge in [0.15, 0.2) is 11.8 Å². The van der Waals surface area contributed by atoms with Crippen molar-refractivity contribution < 1.29 is 43.3 Å². The molecule has 2 N–H and O–H groups in total.